The first-order valence-electron chi connectivity index (χ1n) is 13.3. The second-order valence-corrected chi connectivity index (χ2v) is 9.37. The molecular weight excluding hydrogens is 324 g/mol. The SMILES string of the molecule is CCCCCCCC(CCCCCC)CC(CCCCC)CCCCCC. The number of unbranched alkanes of at least 4 members (excludes halogenated alkanes) is 12. The van der Waals surface area contributed by atoms with Gasteiger partial charge in [-0.25, -0.2) is 0 Å². The van der Waals surface area contributed by atoms with Gasteiger partial charge >= 0.3 is 0 Å². The lowest BCUT2D eigenvalue weighted by molar-refractivity contribution is 0.283. The minimum atomic E-state index is 1.03. The summed E-state index contributed by atoms with van der Waals surface area (Å²) in [6.07, 6.45) is 30.8. The van der Waals surface area contributed by atoms with E-state index in [2.05, 4.69) is 27.7 Å². The third kappa shape index (κ3) is 19.1. The summed E-state index contributed by atoms with van der Waals surface area (Å²) in [5, 5.41) is 0. The van der Waals surface area contributed by atoms with Crippen molar-refractivity contribution in [3.05, 3.63) is 0 Å². The molecule has 0 amide bonds. The Morgan fingerprint density at radius 3 is 0.963 bits per heavy atom. The van der Waals surface area contributed by atoms with Crippen molar-refractivity contribution < 1.29 is 0 Å². The lowest BCUT2D eigenvalue weighted by atomic mass is 9.82. The van der Waals surface area contributed by atoms with Crippen molar-refractivity contribution in [2.75, 3.05) is 0 Å². The Balaban J connectivity index is 4.40. The second-order valence-electron chi connectivity index (χ2n) is 9.37. The zero-order valence-corrected chi connectivity index (χ0v) is 20.0. The Morgan fingerprint density at radius 1 is 0.333 bits per heavy atom. The van der Waals surface area contributed by atoms with Crippen LogP contribution in [0.5, 0.6) is 0 Å². The van der Waals surface area contributed by atoms with Crippen molar-refractivity contribution in [1.82, 2.24) is 0 Å². The maximum Gasteiger partial charge on any atom is -0.0412 e. The van der Waals surface area contributed by atoms with Crippen molar-refractivity contribution >= 4 is 0 Å². The smallest absolute Gasteiger partial charge is 0.0412 e. The minimum absolute atomic E-state index is 1.03. The molecule has 0 radical (unpaired) electrons. The van der Waals surface area contributed by atoms with Crippen LogP contribution < -0.4 is 0 Å². The second kappa shape index (κ2) is 22.3. The van der Waals surface area contributed by atoms with Crippen LogP contribution >= 0.6 is 0 Å². The van der Waals surface area contributed by atoms with Gasteiger partial charge in [-0.1, -0.05) is 156 Å². The molecule has 0 spiro atoms. The molecule has 0 saturated carbocycles. The largest absolute Gasteiger partial charge is 0.0654 e. The Labute approximate surface area is 174 Å². The van der Waals surface area contributed by atoms with Gasteiger partial charge in [-0.2, -0.15) is 0 Å². The highest BCUT2D eigenvalue weighted by atomic mass is 14.2. The standard InChI is InChI=1S/C27H56/c1-5-9-13-16-20-24-27(23-19-15-11-7-3)25-26(21-17-12-8-4)22-18-14-10-6-2/h26-27H,5-25H2,1-4H3. The van der Waals surface area contributed by atoms with E-state index in [9.17, 15) is 0 Å². The highest BCUT2D eigenvalue weighted by Crippen LogP contribution is 2.30. The molecule has 2 unspecified atom stereocenters. The van der Waals surface area contributed by atoms with Gasteiger partial charge in [-0.15, -0.1) is 0 Å². The first kappa shape index (κ1) is 27.0. The van der Waals surface area contributed by atoms with Crippen molar-refractivity contribution in [3.8, 4) is 0 Å². The summed E-state index contributed by atoms with van der Waals surface area (Å²) in [4.78, 5) is 0. The van der Waals surface area contributed by atoms with E-state index in [1.807, 2.05) is 0 Å². The molecule has 0 aliphatic rings. The van der Waals surface area contributed by atoms with Crippen LogP contribution in [0, 0.1) is 11.8 Å². The van der Waals surface area contributed by atoms with Crippen LogP contribution in [0.4, 0.5) is 0 Å². The Hall–Kier alpha value is 0. The van der Waals surface area contributed by atoms with Gasteiger partial charge in [0.05, 0.1) is 0 Å². The number of rotatable bonds is 22. The molecule has 0 aliphatic heterocycles. The highest BCUT2D eigenvalue weighted by molar-refractivity contribution is 4.69. The molecule has 0 heteroatoms. The topological polar surface area (TPSA) is 0 Å². The average Bonchev–Trinajstić information content (AvgIpc) is 2.68. The molecule has 0 nitrogen and oxygen atoms in total. The van der Waals surface area contributed by atoms with E-state index in [4.69, 9.17) is 0 Å². The van der Waals surface area contributed by atoms with E-state index in [-0.39, 0.29) is 0 Å². The molecule has 0 aliphatic carbocycles. The van der Waals surface area contributed by atoms with Crippen LogP contribution in [-0.4, -0.2) is 0 Å². The lowest BCUT2D eigenvalue weighted by Gasteiger charge is -2.24. The van der Waals surface area contributed by atoms with Crippen molar-refractivity contribution in [1.29, 1.82) is 0 Å². The van der Waals surface area contributed by atoms with Gasteiger partial charge in [0.15, 0.2) is 0 Å². The summed E-state index contributed by atoms with van der Waals surface area (Å²) < 4.78 is 0. The van der Waals surface area contributed by atoms with Crippen molar-refractivity contribution in [3.63, 3.8) is 0 Å². The molecule has 0 aromatic carbocycles. The van der Waals surface area contributed by atoms with E-state index in [0.29, 0.717) is 0 Å². The number of hydrogen-bond acceptors (Lipinski definition) is 0. The lowest BCUT2D eigenvalue weighted by Crippen LogP contribution is -2.10. The fourth-order valence-corrected chi connectivity index (χ4v) is 4.67. The minimum Gasteiger partial charge on any atom is -0.0654 e. The van der Waals surface area contributed by atoms with E-state index in [1.165, 1.54) is 128 Å². The molecule has 2 atom stereocenters. The molecule has 0 N–H and O–H groups in total. The summed E-state index contributed by atoms with van der Waals surface area (Å²) in [6.45, 7) is 9.36. The van der Waals surface area contributed by atoms with E-state index < -0.39 is 0 Å². The molecular formula is C27H56. The molecule has 0 heterocycles. The molecule has 0 aromatic heterocycles. The van der Waals surface area contributed by atoms with Crippen LogP contribution in [0.2, 0.25) is 0 Å². The fourth-order valence-electron chi connectivity index (χ4n) is 4.67. The Morgan fingerprint density at radius 2 is 0.593 bits per heavy atom. The van der Waals surface area contributed by atoms with Crippen LogP contribution in [-0.2, 0) is 0 Å². The first-order chi connectivity index (χ1) is 13.3. The summed E-state index contributed by atoms with van der Waals surface area (Å²) in [5.41, 5.74) is 0. The Bertz CT molecular complexity index is 257. The van der Waals surface area contributed by atoms with Gasteiger partial charge < -0.3 is 0 Å². The normalized spacial score (nSPS) is 13.8. The van der Waals surface area contributed by atoms with Gasteiger partial charge in [0.2, 0.25) is 0 Å². The zero-order chi connectivity index (χ0) is 20.0. The summed E-state index contributed by atoms with van der Waals surface area (Å²) in [7, 11) is 0. The molecule has 0 aromatic rings. The summed E-state index contributed by atoms with van der Waals surface area (Å²) in [6, 6.07) is 0. The molecule has 0 bridgehead atoms. The van der Waals surface area contributed by atoms with Crippen LogP contribution in [0.1, 0.15) is 163 Å². The predicted octanol–water partition coefficient (Wildman–Crippen LogP) is 10.5. The van der Waals surface area contributed by atoms with E-state index in [1.54, 1.807) is 6.42 Å². The van der Waals surface area contributed by atoms with Crippen LogP contribution in [0.25, 0.3) is 0 Å². The van der Waals surface area contributed by atoms with Crippen LogP contribution in [0.3, 0.4) is 0 Å². The van der Waals surface area contributed by atoms with E-state index >= 15 is 0 Å². The van der Waals surface area contributed by atoms with Gasteiger partial charge in [0.25, 0.3) is 0 Å². The average molecular weight is 381 g/mol. The molecule has 0 saturated heterocycles. The third-order valence-electron chi connectivity index (χ3n) is 6.53. The monoisotopic (exact) mass is 380 g/mol. The van der Waals surface area contributed by atoms with Crippen molar-refractivity contribution in [2.45, 2.75) is 163 Å². The van der Waals surface area contributed by atoms with Crippen LogP contribution in [0.15, 0.2) is 0 Å². The van der Waals surface area contributed by atoms with Gasteiger partial charge in [0, 0.05) is 0 Å². The highest BCUT2D eigenvalue weighted by Gasteiger charge is 2.16. The van der Waals surface area contributed by atoms with Gasteiger partial charge in [0.1, 0.15) is 0 Å². The van der Waals surface area contributed by atoms with Gasteiger partial charge in [-0.3, -0.25) is 0 Å². The third-order valence-corrected chi connectivity index (χ3v) is 6.53. The first-order valence-corrected chi connectivity index (χ1v) is 13.3. The fraction of sp³-hybridized carbons (Fsp3) is 1.00. The quantitative estimate of drug-likeness (QED) is 0.164. The van der Waals surface area contributed by atoms with Gasteiger partial charge in [-0.05, 0) is 18.3 Å². The molecule has 0 rings (SSSR count). The molecule has 164 valence electrons. The maximum absolute atomic E-state index is 2.35. The molecule has 0 fully saturated rings. The van der Waals surface area contributed by atoms with E-state index in [0.717, 1.165) is 11.8 Å². The summed E-state index contributed by atoms with van der Waals surface area (Å²) >= 11 is 0. The maximum atomic E-state index is 2.35. The Kier molecular flexibility index (Phi) is 22.3. The molecule has 27 heavy (non-hydrogen) atoms. The zero-order valence-electron chi connectivity index (χ0n) is 20.0. The predicted molar refractivity (Wildman–Crippen MR) is 127 cm³/mol. The number of hydrogen-bond donors (Lipinski definition) is 0. The van der Waals surface area contributed by atoms with Crippen molar-refractivity contribution in [2.24, 2.45) is 11.8 Å². The summed E-state index contributed by atoms with van der Waals surface area (Å²) in [5.74, 6) is 2.06.